The number of likely N-dealkylation sites (N-methyl/N-ethyl adjacent to an activating group) is 1. The number of ether oxygens (including phenoxy) is 4. The van der Waals surface area contributed by atoms with E-state index in [-0.39, 0.29) is 11.7 Å². The zero-order valence-corrected chi connectivity index (χ0v) is 14.3. The van der Waals surface area contributed by atoms with E-state index in [1.54, 1.807) is 21.3 Å². The van der Waals surface area contributed by atoms with Crippen LogP contribution in [-0.2, 0) is 10.3 Å². The van der Waals surface area contributed by atoms with Gasteiger partial charge < -0.3 is 23.8 Å². The molecule has 2 fully saturated rings. The van der Waals surface area contributed by atoms with Gasteiger partial charge in [-0.1, -0.05) is 0 Å². The second-order valence-electron chi connectivity index (χ2n) is 5.51. The summed E-state index contributed by atoms with van der Waals surface area (Å²) in [7, 11) is 7.06. The molecule has 0 amide bonds. The molecule has 1 aromatic carbocycles. The summed E-state index contributed by atoms with van der Waals surface area (Å²) in [5.74, 6) is 2.17. The molecule has 2 atom stereocenters. The first-order valence-corrected chi connectivity index (χ1v) is 7.72. The van der Waals surface area contributed by atoms with Crippen molar-refractivity contribution in [1.29, 1.82) is 0 Å². The Morgan fingerprint density at radius 2 is 1.95 bits per heavy atom. The Kier molecular flexibility index (Phi) is 3.80. The fraction of sp³-hybridized carbons (Fsp3) is 0.600. The van der Waals surface area contributed by atoms with Gasteiger partial charge in [-0.3, -0.25) is 0 Å². The van der Waals surface area contributed by atoms with Gasteiger partial charge in [0.05, 0.1) is 26.9 Å². The smallest absolute Gasteiger partial charge is 0.146 e. The number of hydrogen-bond donors (Lipinski definition) is 0. The number of fused-ring (bicyclic) bond motifs is 1. The summed E-state index contributed by atoms with van der Waals surface area (Å²) in [4.78, 5) is 2.29. The lowest BCUT2D eigenvalue weighted by molar-refractivity contribution is 0.248. The highest BCUT2D eigenvalue weighted by atomic mass is 79.9. The predicted molar refractivity (Wildman–Crippen MR) is 82.5 cm³/mol. The van der Waals surface area contributed by atoms with E-state index in [9.17, 15) is 0 Å². The Bertz CT molecular complexity index is 565. The van der Waals surface area contributed by atoms with Crippen LogP contribution in [0.3, 0.4) is 0 Å². The lowest BCUT2D eigenvalue weighted by atomic mass is 9.87. The van der Waals surface area contributed by atoms with E-state index in [1.165, 1.54) is 0 Å². The van der Waals surface area contributed by atoms with Gasteiger partial charge in [-0.25, -0.2) is 0 Å². The van der Waals surface area contributed by atoms with Gasteiger partial charge in [-0.2, -0.15) is 0 Å². The molecule has 2 aliphatic rings. The molecule has 2 aliphatic heterocycles. The summed E-state index contributed by atoms with van der Waals surface area (Å²) in [6, 6.07) is 1.88. The molecule has 0 unspecified atom stereocenters. The standard InChI is InChI=1S/C15H20BrNO4/c1-17-6-5-15(11(8-17)21-15)12-9(18-2)7-10(19-3)13(16)14(12)20-4/h7,11H,5-6,8H2,1-4H3/t11-,15-/m0/s1. The van der Waals surface area contributed by atoms with E-state index in [2.05, 4.69) is 27.9 Å². The van der Waals surface area contributed by atoms with E-state index >= 15 is 0 Å². The summed E-state index contributed by atoms with van der Waals surface area (Å²) < 4.78 is 23.5. The second kappa shape index (κ2) is 5.34. The molecule has 0 N–H and O–H groups in total. The number of halogens is 1. The van der Waals surface area contributed by atoms with Crippen molar-refractivity contribution in [3.05, 3.63) is 16.1 Å². The van der Waals surface area contributed by atoms with Gasteiger partial charge in [-0.05, 0) is 29.4 Å². The van der Waals surface area contributed by atoms with E-state index in [1.807, 2.05) is 6.07 Å². The average molecular weight is 358 g/mol. The van der Waals surface area contributed by atoms with Gasteiger partial charge in [0.25, 0.3) is 0 Å². The first kappa shape index (κ1) is 14.9. The van der Waals surface area contributed by atoms with Crippen molar-refractivity contribution < 1.29 is 18.9 Å². The first-order valence-electron chi connectivity index (χ1n) is 6.92. The summed E-state index contributed by atoms with van der Waals surface area (Å²) in [6.45, 7) is 1.92. The molecule has 2 saturated heterocycles. The van der Waals surface area contributed by atoms with Crippen LogP contribution in [0.25, 0.3) is 0 Å². The highest BCUT2D eigenvalue weighted by Gasteiger charge is 2.62. The highest BCUT2D eigenvalue weighted by molar-refractivity contribution is 9.10. The Morgan fingerprint density at radius 3 is 2.52 bits per heavy atom. The van der Waals surface area contributed by atoms with Crippen LogP contribution in [-0.4, -0.2) is 52.5 Å². The fourth-order valence-electron chi connectivity index (χ4n) is 3.19. The van der Waals surface area contributed by atoms with Crippen LogP contribution in [0.4, 0.5) is 0 Å². The van der Waals surface area contributed by atoms with Crippen LogP contribution in [0.5, 0.6) is 17.2 Å². The maximum absolute atomic E-state index is 6.07. The highest BCUT2D eigenvalue weighted by Crippen LogP contribution is 2.59. The molecule has 0 spiro atoms. The maximum Gasteiger partial charge on any atom is 0.146 e. The topological polar surface area (TPSA) is 43.5 Å². The molecule has 5 nitrogen and oxygen atoms in total. The average Bonchev–Trinajstić information content (AvgIpc) is 3.20. The van der Waals surface area contributed by atoms with Gasteiger partial charge in [0.1, 0.15) is 33.4 Å². The number of likely N-dealkylation sites (tertiary alicyclic amines) is 1. The van der Waals surface area contributed by atoms with Gasteiger partial charge in [-0.15, -0.1) is 0 Å². The van der Waals surface area contributed by atoms with E-state index in [0.29, 0.717) is 5.75 Å². The van der Waals surface area contributed by atoms with Crippen LogP contribution in [0, 0.1) is 0 Å². The van der Waals surface area contributed by atoms with E-state index in [4.69, 9.17) is 18.9 Å². The summed E-state index contributed by atoms with van der Waals surface area (Å²) in [5.41, 5.74) is 0.691. The molecule has 0 aliphatic carbocycles. The molecule has 1 aromatic rings. The third-order valence-corrected chi connectivity index (χ3v) is 5.13. The lowest BCUT2D eigenvalue weighted by Crippen LogP contribution is -2.36. The molecule has 3 rings (SSSR count). The second-order valence-corrected chi connectivity index (χ2v) is 6.30. The Labute approximate surface area is 133 Å². The Hall–Kier alpha value is -0.980. The quantitative estimate of drug-likeness (QED) is 0.774. The minimum Gasteiger partial charge on any atom is -0.496 e. The summed E-state index contributed by atoms with van der Waals surface area (Å²) >= 11 is 3.57. The van der Waals surface area contributed by atoms with Gasteiger partial charge >= 0.3 is 0 Å². The van der Waals surface area contributed by atoms with Crippen molar-refractivity contribution in [2.45, 2.75) is 18.1 Å². The summed E-state index contributed by atoms with van der Waals surface area (Å²) in [5, 5.41) is 0. The molecule has 0 aromatic heterocycles. The van der Waals surface area contributed by atoms with Crippen molar-refractivity contribution in [3.8, 4) is 17.2 Å². The predicted octanol–water partition coefficient (Wildman–Crippen LogP) is 2.40. The number of nitrogens with zero attached hydrogens (tertiary/aromatic N) is 1. The van der Waals surface area contributed by atoms with Crippen molar-refractivity contribution in [2.24, 2.45) is 0 Å². The Balaban J connectivity index is 2.12. The van der Waals surface area contributed by atoms with E-state index in [0.717, 1.165) is 41.0 Å². The normalized spacial score (nSPS) is 28.0. The van der Waals surface area contributed by atoms with Crippen molar-refractivity contribution in [3.63, 3.8) is 0 Å². The lowest BCUT2D eigenvalue weighted by Gasteiger charge is -2.28. The molecular weight excluding hydrogens is 338 g/mol. The van der Waals surface area contributed by atoms with Crippen molar-refractivity contribution >= 4 is 15.9 Å². The molecule has 0 radical (unpaired) electrons. The molecule has 21 heavy (non-hydrogen) atoms. The minimum absolute atomic E-state index is 0.194. The molecule has 116 valence electrons. The monoisotopic (exact) mass is 357 g/mol. The van der Waals surface area contributed by atoms with Crippen LogP contribution in [0.15, 0.2) is 10.5 Å². The largest absolute Gasteiger partial charge is 0.496 e. The number of hydrogen-bond acceptors (Lipinski definition) is 5. The zero-order valence-electron chi connectivity index (χ0n) is 12.7. The SMILES string of the molecule is COc1cc(OC)c([C@]23CCN(C)C[C@@H]2O3)c(OC)c1Br. The minimum atomic E-state index is -0.294. The fourth-order valence-corrected chi connectivity index (χ4v) is 3.83. The van der Waals surface area contributed by atoms with Crippen molar-refractivity contribution in [2.75, 3.05) is 41.5 Å². The molecule has 0 saturated carbocycles. The zero-order chi connectivity index (χ0) is 15.2. The number of benzene rings is 1. The van der Waals surface area contributed by atoms with Crippen LogP contribution in [0.1, 0.15) is 12.0 Å². The number of rotatable bonds is 4. The molecular formula is C15H20BrNO4. The summed E-state index contributed by atoms with van der Waals surface area (Å²) in [6.07, 6.45) is 1.12. The molecule has 6 heteroatoms. The first-order chi connectivity index (χ1) is 10.1. The Morgan fingerprint density at radius 1 is 1.24 bits per heavy atom. The van der Waals surface area contributed by atoms with Crippen LogP contribution >= 0.6 is 15.9 Å². The van der Waals surface area contributed by atoms with Gasteiger partial charge in [0.15, 0.2) is 0 Å². The van der Waals surface area contributed by atoms with Crippen LogP contribution in [0.2, 0.25) is 0 Å². The van der Waals surface area contributed by atoms with Gasteiger partial charge in [0.2, 0.25) is 0 Å². The van der Waals surface area contributed by atoms with Crippen LogP contribution < -0.4 is 14.2 Å². The van der Waals surface area contributed by atoms with E-state index < -0.39 is 0 Å². The maximum atomic E-state index is 6.07. The third-order valence-electron chi connectivity index (χ3n) is 4.38. The number of epoxide rings is 1. The number of methoxy groups -OCH3 is 3. The number of piperidine rings is 1. The molecule has 2 heterocycles. The van der Waals surface area contributed by atoms with Gasteiger partial charge in [0, 0.05) is 19.2 Å². The molecule has 0 bridgehead atoms. The third kappa shape index (κ3) is 2.20. The van der Waals surface area contributed by atoms with Crippen molar-refractivity contribution in [1.82, 2.24) is 4.90 Å².